The van der Waals surface area contributed by atoms with E-state index < -0.39 is 10.0 Å². The molecule has 0 unspecified atom stereocenters. The standard InChI is InChI=1S/C23H23ClN2O3S/c1-15-5-4-6-21(17(15)3)26-30(28,29)22-13-19(10-7-16(22)2)23(27)25-14-18-8-11-20(24)12-9-18/h4-13,26H,14H2,1-3H3,(H,25,27). The third-order valence-corrected chi connectivity index (χ3v) is 6.71. The van der Waals surface area contributed by atoms with E-state index in [1.807, 2.05) is 32.0 Å². The molecule has 0 aliphatic heterocycles. The second-order valence-electron chi connectivity index (χ2n) is 7.14. The molecule has 0 saturated carbocycles. The van der Waals surface area contributed by atoms with E-state index in [0.717, 1.165) is 16.7 Å². The van der Waals surface area contributed by atoms with Gasteiger partial charge in [-0.05, 0) is 73.4 Å². The van der Waals surface area contributed by atoms with Gasteiger partial charge in [-0.2, -0.15) is 0 Å². The fraction of sp³-hybridized carbons (Fsp3) is 0.174. The second-order valence-corrected chi connectivity index (χ2v) is 9.23. The maximum Gasteiger partial charge on any atom is 0.262 e. The van der Waals surface area contributed by atoms with Crippen molar-refractivity contribution >= 4 is 33.2 Å². The largest absolute Gasteiger partial charge is 0.348 e. The van der Waals surface area contributed by atoms with Crippen LogP contribution in [0.4, 0.5) is 5.69 Å². The zero-order valence-electron chi connectivity index (χ0n) is 17.0. The number of anilines is 1. The summed E-state index contributed by atoms with van der Waals surface area (Å²) in [6.45, 7) is 5.80. The van der Waals surface area contributed by atoms with Gasteiger partial charge in [-0.15, -0.1) is 0 Å². The zero-order chi connectivity index (χ0) is 21.9. The predicted molar refractivity (Wildman–Crippen MR) is 121 cm³/mol. The molecule has 0 heterocycles. The number of sulfonamides is 1. The molecule has 3 aromatic rings. The molecular formula is C23H23ClN2O3S. The Hall–Kier alpha value is -2.83. The molecule has 156 valence electrons. The lowest BCUT2D eigenvalue weighted by molar-refractivity contribution is 0.0950. The average molecular weight is 443 g/mol. The minimum absolute atomic E-state index is 0.0718. The van der Waals surface area contributed by atoms with Crippen LogP contribution in [0.2, 0.25) is 5.02 Å². The van der Waals surface area contributed by atoms with Crippen molar-refractivity contribution in [2.45, 2.75) is 32.2 Å². The Kier molecular flexibility index (Phi) is 6.48. The summed E-state index contributed by atoms with van der Waals surface area (Å²) in [6.07, 6.45) is 0. The van der Waals surface area contributed by atoms with Crippen molar-refractivity contribution in [3.8, 4) is 0 Å². The first kappa shape index (κ1) is 21.9. The molecule has 0 aliphatic carbocycles. The fourth-order valence-corrected chi connectivity index (χ4v) is 4.50. The van der Waals surface area contributed by atoms with Crippen LogP contribution in [0.25, 0.3) is 0 Å². The quantitative estimate of drug-likeness (QED) is 0.564. The molecule has 0 radical (unpaired) electrons. The van der Waals surface area contributed by atoms with Crippen LogP contribution in [-0.2, 0) is 16.6 Å². The summed E-state index contributed by atoms with van der Waals surface area (Å²) in [4.78, 5) is 12.7. The van der Waals surface area contributed by atoms with Gasteiger partial charge in [0.15, 0.2) is 0 Å². The Morgan fingerprint density at radius 2 is 1.63 bits per heavy atom. The summed E-state index contributed by atoms with van der Waals surface area (Å²) in [5, 5.41) is 3.42. The van der Waals surface area contributed by atoms with Crippen molar-refractivity contribution in [3.63, 3.8) is 0 Å². The highest BCUT2D eigenvalue weighted by Gasteiger charge is 2.20. The topological polar surface area (TPSA) is 75.3 Å². The highest BCUT2D eigenvalue weighted by Crippen LogP contribution is 2.24. The second kappa shape index (κ2) is 8.90. The number of halogens is 1. The van der Waals surface area contributed by atoms with Crippen LogP contribution in [-0.4, -0.2) is 14.3 Å². The van der Waals surface area contributed by atoms with Crippen molar-refractivity contribution in [3.05, 3.63) is 93.5 Å². The zero-order valence-corrected chi connectivity index (χ0v) is 18.6. The Morgan fingerprint density at radius 3 is 2.33 bits per heavy atom. The Labute approximate surface area is 182 Å². The minimum Gasteiger partial charge on any atom is -0.348 e. The summed E-state index contributed by atoms with van der Waals surface area (Å²) in [6, 6.07) is 17.2. The molecule has 0 spiro atoms. The number of benzene rings is 3. The van der Waals surface area contributed by atoms with Gasteiger partial charge in [0.2, 0.25) is 0 Å². The number of hydrogen-bond acceptors (Lipinski definition) is 3. The summed E-state index contributed by atoms with van der Waals surface area (Å²) in [5.41, 5.74) is 4.09. The molecule has 0 aromatic heterocycles. The molecule has 0 atom stereocenters. The number of hydrogen-bond donors (Lipinski definition) is 2. The lowest BCUT2D eigenvalue weighted by atomic mass is 10.1. The van der Waals surface area contributed by atoms with Gasteiger partial charge >= 0.3 is 0 Å². The fourth-order valence-electron chi connectivity index (χ4n) is 2.98. The molecule has 30 heavy (non-hydrogen) atoms. The van der Waals surface area contributed by atoms with Crippen LogP contribution in [0.3, 0.4) is 0 Å². The molecule has 3 aromatic carbocycles. The van der Waals surface area contributed by atoms with E-state index >= 15 is 0 Å². The van der Waals surface area contributed by atoms with Crippen LogP contribution in [0.1, 0.15) is 32.6 Å². The average Bonchev–Trinajstić information content (AvgIpc) is 2.71. The van der Waals surface area contributed by atoms with E-state index in [0.29, 0.717) is 22.8 Å². The monoisotopic (exact) mass is 442 g/mol. The molecule has 5 nitrogen and oxygen atoms in total. The normalized spacial score (nSPS) is 11.2. The lowest BCUT2D eigenvalue weighted by Crippen LogP contribution is -2.23. The number of carbonyl (C=O) groups is 1. The maximum atomic E-state index is 13.0. The van der Waals surface area contributed by atoms with Crippen molar-refractivity contribution in [1.29, 1.82) is 0 Å². The third-order valence-electron chi connectivity index (χ3n) is 4.96. The Morgan fingerprint density at radius 1 is 0.933 bits per heavy atom. The SMILES string of the molecule is Cc1ccc(C(=O)NCc2ccc(Cl)cc2)cc1S(=O)(=O)Nc1cccc(C)c1C. The van der Waals surface area contributed by atoms with Gasteiger partial charge in [-0.3, -0.25) is 9.52 Å². The first-order valence-electron chi connectivity index (χ1n) is 9.40. The number of aryl methyl sites for hydroxylation is 2. The number of rotatable bonds is 6. The molecular weight excluding hydrogens is 420 g/mol. The summed E-state index contributed by atoms with van der Waals surface area (Å²) >= 11 is 5.87. The van der Waals surface area contributed by atoms with Gasteiger partial charge in [0, 0.05) is 17.1 Å². The molecule has 0 fully saturated rings. The molecule has 2 N–H and O–H groups in total. The highest BCUT2D eigenvalue weighted by molar-refractivity contribution is 7.92. The number of amides is 1. The van der Waals surface area contributed by atoms with Gasteiger partial charge in [-0.25, -0.2) is 8.42 Å². The van der Waals surface area contributed by atoms with Crippen molar-refractivity contribution in [2.75, 3.05) is 4.72 Å². The van der Waals surface area contributed by atoms with E-state index in [-0.39, 0.29) is 16.4 Å². The summed E-state index contributed by atoms with van der Waals surface area (Å²) in [7, 11) is -3.86. The smallest absolute Gasteiger partial charge is 0.262 e. The Balaban J connectivity index is 1.82. The van der Waals surface area contributed by atoms with Gasteiger partial charge in [0.1, 0.15) is 0 Å². The summed E-state index contributed by atoms with van der Waals surface area (Å²) < 4.78 is 28.7. The van der Waals surface area contributed by atoms with E-state index in [2.05, 4.69) is 10.0 Å². The molecule has 0 saturated heterocycles. The van der Waals surface area contributed by atoms with E-state index in [1.165, 1.54) is 6.07 Å². The van der Waals surface area contributed by atoms with E-state index in [9.17, 15) is 13.2 Å². The van der Waals surface area contributed by atoms with Crippen molar-refractivity contribution in [2.24, 2.45) is 0 Å². The van der Waals surface area contributed by atoms with Crippen LogP contribution < -0.4 is 10.0 Å². The van der Waals surface area contributed by atoms with E-state index in [1.54, 1.807) is 43.3 Å². The third kappa shape index (κ3) is 5.01. The first-order valence-corrected chi connectivity index (χ1v) is 11.3. The summed E-state index contributed by atoms with van der Waals surface area (Å²) in [5.74, 6) is -0.354. The molecule has 0 bridgehead atoms. The van der Waals surface area contributed by atoms with Crippen LogP contribution in [0, 0.1) is 20.8 Å². The lowest BCUT2D eigenvalue weighted by Gasteiger charge is -2.14. The van der Waals surface area contributed by atoms with Crippen molar-refractivity contribution in [1.82, 2.24) is 5.32 Å². The predicted octanol–water partition coefficient (Wildman–Crippen LogP) is 5.00. The molecule has 0 aliphatic rings. The van der Waals surface area contributed by atoms with E-state index in [4.69, 9.17) is 11.6 Å². The maximum absolute atomic E-state index is 13.0. The molecule has 3 rings (SSSR count). The van der Waals surface area contributed by atoms with Crippen molar-refractivity contribution < 1.29 is 13.2 Å². The van der Waals surface area contributed by atoms with Gasteiger partial charge in [0.25, 0.3) is 15.9 Å². The molecule has 7 heteroatoms. The minimum atomic E-state index is -3.86. The first-order chi connectivity index (χ1) is 14.2. The van der Waals surface area contributed by atoms with Crippen LogP contribution in [0.15, 0.2) is 65.6 Å². The van der Waals surface area contributed by atoms with Gasteiger partial charge in [0.05, 0.1) is 10.6 Å². The van der Waals surface area contributed by atoms with Crippen LogP contribution >= 0.6 is 11.6 Å². The molecule has 1 amide bonds. The van der Waals surface area contributed by atoms with Gasteiger partial charge in [-0.1, -0.05) is 41.9 Å². The van der Waals surface area contributed by atoms with Crippen LogP contribution in [0.5, 0.6) is 0 Å². The number of nitrogens with one attached hydrogen (secondary N) is 2. The highest BCUT2D eigenvalue weighted by atomic mass is 35.5. The Bertz CT molecular complexity index is 1190. The van der Waals surface area contributed by atoms with Gasteiger partial charge < -0.3 is 5.32 Å². The number of carbonyl (C=O) groups excluding carboxylic acids is 1.